The van der Waals surface area contributed by atoms with E-state index in [9.17, 15) is 5.11 Å². The Kier molecular flexibility index (Phi) is 4.60. The van der Waals surface area contributed by atoms with Crippen LogP contribution in [-0.2, 0) is 0 Å². The molecule has 0 aromatic heterocycles. The molecule has 0 saturated heterocycles. The number of halogens is 3. The minimum atomic E-state index is -1.06. The van der Waals surface area contributed by atoms with E-state index >= 15 is 0 Å². The van der Waals surface area contributed by atoms with E-state index in [1.807, 2.05) is 6.07 Å². The SMILES string of the molecule is N#CC(Br)(CBr)C(O)c1ccccc1Cl. The molecule has 0 radical (unpaired) electrons. The Bertz CT molecular complexity index is 393. The molecule has 1 rings (SSSR count). The first-order valence-electron chi connectivity index (χ1n) is 4.14. The number of benzene rings is 1. The standard InChI is InChI=1S/C10H8Br2ClNO/c11-5-10(12,6-14)9(15)7-3-1-2-4-8(7)13/h1-4,9,15H,5H2. The van der Waals surface area contributed by atoms with Crippen LogP contribution in [0.15, 0.2) is 24.3 Å². The summed E-state index contributed by atoms with van der Waals surface area (Å²) in [4.78, 5) is 0. The fraction of sp³-hybridized carbons (Fsp3) is 0.300. The van der Waals surface area contributed by atoms with Crippen LogP contribution in [-0.4, -0.2) is 14.8 Å². The van der Waals surface area contributed by atoms with Gasteiger partial charge >= 0.3 is 0 Å². The molecule has 0 saturated carbocycles. The van der Waals surface area contributed by atoms with Crippen LogP contribution in [0.25, 0.3) is 0 Å². The largest absolute Gasteiger partial charge is 0.386 e. The van der Waals surface area contributed by atoms with Crippen molar-refractivity contribution in [2.45, 2.75) is 10.4 Å². The van der Waals surface area contributed by atoms with E-state index in [4.69, 9.17) is 16.9 Å². The van der Waals surface area contributed by atoms with Gasteiger partial charge in [-0.2, -0.15) is 5.26 Å². The Morgan fingerprint density at radius 1 is 1.53 bits per heavy atom. The zero-order chi connectivity index (χ0) is 11.5. The zero-order valence-electron chi connectivity index (χ0n) is 7.62. The predicted octanol–water partition coefficient (Wildman–Crippen LogP) is 3.43. The van der Waals surface area contributed by atoms with Crippen molar-refractivity contribution >= 4 is 43.5 Å². The smallest absolute Gasteiger partial charge is 0.151 e. The van der Waals surface area contributed by atoms with Crippen molar-refractivity contribution in [2.24, 2.45) is 0 Å². The number of rotatable bonds is 3. The lowest BCUT2D eigenvalue weighted by molar-refractivity contribution is 0.162. The summed E-state index contributed by atoms with van der Waals surface area (Å²) < 4.78 is -1.06. The third-order valence-corrected chi connectivity index (χ3v) is 4.89. The molecule has 2 unspecified atom stereocenters. The third kappa shape index (κ3) is 2.73. The molecule has 2 atom stereocenters. The van der Waals surface area contributed by atoms with Crippen molar-refractivity contribution in [3.63, 3.8) is 0 Å². The van der Waals surface area contributed by atoms with E-state index in [0.29, 0.717) is 15.9 Å². The van der Waals surface area contributed by atoms with Gasteiger partial charge in [-0.1, -0.05) is 61.7 Å². The van der Waals surface area contributed by atoms with E-state index in [0.717, 1.165) is 0 Å². The van der Waals surface area contributed by atoms with Crippen LogP contribution in [0.1, 0.15) is 11.7 Å². The number of aliphatic hydroxyl groups is 1. The molecule has 2 nitrogen and oxygen atoms in total. The van der Waals surface area contributed by atoms with Crippen LogP contribution in [0.4, 0.5) is 0 Å². The number of hydrogen-bond acceptors (Lipinski definition) is 2. The number of hydrogen-bond donors (Lipinski definition) is 1. The first kappa shape index (κ1) is 13.0. The molecule has 1 N–H and O–H groups in total. The van der Waals surface area contributed by atoms with Crippen LogP contribution in [0.2, 0.25) is 5.02 Å². The minimum absolute atomic E-state index is 0.308. The Morgan fingerprint density at radius 3 is 2.60 bits per heavy atom. The molecule has 1 aromatic carbocycles. The van der Waals surface area contributed by atoms with Crippen LogP contribution in [0.3, 0.4) is 0 Å². The lowest BCUT2D eigenvalue weighted by Crippen LogP contribution is -2.29. The molecule has 0 aliphatic rings. The molecule has 0 amide bonds. The molecule has 0 spiro atoms. The summed E-state index contributed by atoms with van der Waals surface area (Å²) in [5, 5.41) is 19.8. The van der Waals surface area contributed by atoms with E-state index in [2.05, 4.69) is 31.9 Å². The molecule has 0 aliphatic heterocycles. The van der Waals surface area contributed by atoms with Crippen LogP contribution >= 0.6 is 43.5 Å². The Labute approximate surface area is 110 Å². The Hall–Kier alpha value is -0.0800. The molecule has 0 aliphatic carbocycles. The summed E-state index contributed by atoms with van der Waals surface area (Å²) >= 11 is 12.3. The molecular formula is C10H8Br2ClNO. The second-order valence-corrected chi connectivity index (χ2v) is 5.41. The van der Waals surface area contributed by atoms with Crippen LogP contribution in [0, 0.1) is 11.3 Å². The number of aliphatic hydroxyl groups excluding tert-OH is 1. The lowest BCUT2D eigenvalue weighted by atomic mass is 9.98. The van der Waals surface area contributed by atoms with Gasteiger partial charge in [0.1, 0.15) is 6.10 Å². The van der Waals surface area contributed by atoms with Crippen LogP contribution < -0.4 is 0 Å². The van der Waals surface area contributed by atoms with E-state index in [-0.39, 0.29) is 0 Å². The second-order valence-electron chi connectivity index (χ2n) is 3.03. The van der Waals surface area contributed by atoms with E-state index in [1.54, 1.807) is 24.3 Å². The van der Waals surface area contributed by atoms with Crippen LogP contribution in [0.5, 0.6) is 0 Å². The molecule has 0 bridgehead atoms. The first-order chi connectivity index (χ1) is 7.05. The minimum Gasteiger partial charge on any atom is -0.386 e. The molecule has 0 fully saturated rings. The molecular weight excluding hydrogens is 345 g/mol. The monoisotopic (exact) mass is 351 g/mol. The lowest BCUT2D eigenvalue weighted by Gasteiger charge is -2.24. The van der Waals surface area contributed by atoms with Gasteiger partial charge in [0.15, 0.2) is 4.32 Å². The average molecular weight is 353 g/mol. The predicted molar refractivity (Wildman–Crippen MR) is 67.5 cm³/mol. The van der Waals surface area contributed by atoms with Crippen molar-refractivity contribution < 1.29 is 5.11 Å². The quantitative estimate of drug-likeness (QED) is 0.846. The van der Waals surface area contributed by atoms with Gasteiger partial charge in [0, 0.05) is 15.9 Å². The molecule has 15 heavy (non-hydrogen) atoms. The maximum absolute atomic E-state index is 10.0. The summed E-state index contributed by atoms with van der Waals surface area (Å²) in [7, 11) is 0. The Balaban J connectivity index is 3.10. The highest BCUT2D eigenvalue weighted by Crippen LogP contribution is 2.37. The molecule has 0 heterocycles. The van der Waals surface area contributed by atoms with Crippen molar-refractivity contribution in [1.82, 2.24) is 0 Å². The van der Waals surface area contributed by atoms with Gasteiger partial charge in [-0.3, -0.25) is 0 Å². The number of nitrogens with zero attached hydrogens (tertiary/aromatic N) is 1. The molecule has 5 heteroatoms. The number of nitriles is 1. The van der Waals surface area contributed by atoms with Crippen molar-refractivity contribution in [2.75, 3.05) is 5.33 Å². The van der Waals surface area contributed by atoms with Gasteiger partial charge in [-0.25, -0.2) is 0 Å². The normalized spacial score (nSPS) is 16.5. The highest BCUT2D eigenvalue weighted by Gasteiger charge is 2.36. The maximum Gasteiger partial charge on any atom is 0.151 e. The second kappa shape index (κ2) is 5.31. The topological polar surface area (TPSA) is 44.0 Å². The molecule has 1 aromatic rings. The van der Waals surface area contributed by atoms with Gasteiger partial charge in [0.25, 0.3) is 0 Å². The summed E-state index contributed by atoms with van der Waals surface area (Å²) in [6.07, 6.45) is -0.976. The summed E-state index contributed by atoms with van der Waals surface area (Å²) in [6, 6.07) is 8.93. The molecule has 80 valence electrons. The van der Waals surface area contributed by atoms with Crippen molar-refractivity contribution in [3.05, 3.63) is 34.9 Å². The van der Waals surface area contributed by atoms with Gasteiger partial charge in [-0.15, -0.1) is 0 Å². The summed E-state index contributed by atoms with van der Waals surface area (Å²) in [5.74, 6) is 0. The van der Waals surface area contributed by atoms with Crippen molar-refractivity contribution in [3.8, 4) is 6.07 Å². The van der Waals surface area contributed by atoms with Gasteiger partial charge < -0.3 is 5.11 Å². The fourth-order valence-electron chi connectivity index (χ4n) is 1.11. The highest BCUT2D eigenvalue weighted by atomic mass is 79.9. The summed E-state index contributed by atoms with van der Waals surface area (Å²) in [5.41, 5.74) is 0.539. The van der Waals surface area contributed by atoms with E-state index < -0.39 is 10.4 Å². The van der Waals surface area contributed by atoms with Crippen molar-refractivity contribution in [1.29, 1.82) is 5.26 Å². The number of alkyl halides is 2. The summed E-state index contributed by atoms with van der Waals surface area (Å²) in [6.45, 7) is 0. The van der Waals surface area contributed by atoms with Gasteiger partial charge in [0.05, 0.1) is 6.07 Å². The first-order valence-corrected chi connectivity index (χ1v) is 6.43. The van der Waals surface area contributed by atoms with Gasteiger partial charge in [-0.05, 0) is 6.07 Å². The average Bonchev–Trinajstić information content (AvgIpc) is 2.28. The fourth-order valence-corrected chi connectivity index (χ4v) is 2.03. The van der Waals surface area contributed by atoms with E-state index in [1.165, 1.54) is 0 Å². The third-order valence-electron chi connectivity index (χ3n) is 2.01. The highest BCUT2D eigenvalue weighted by molar-refractivity contribution is 9.12. The Morgan fingerprint density at radius 2 is 2.13 bits per heavy atom. The zero-order valence-corrected chi connectivity index (χ0v) is 11.6. The maximum atomic E-state index is 10.0. The van der Waals surface area contributed by atoms with Gasteiger partial charge in [0.2, 0.25) is 0 Å².